The first-order chi connectivity index (χ1) is 10.4. The van der Waals surface area contributed by atoms with Gasteiger partial charge in [0.15, 0.2) is 0 Å². The first kappa shape index (κ1) is 17.3. The lowest BCUT2D eigenvalue weighted by molar-refractivity contribution is 0.142. The average molecular weight is 296 g/mol. The number of aliphatic hydroxyl groups excluding tert-OH is 1. The molecule has 0 aromatic rings. The van der Waals surface area contributed by atoms with Crippen LogP contribution in [0.2, 0.25) is 0 Å². The van der Waals surface area contributed by atoms with E-state index < -0.39 is 0 Å². The lowest BCUT2D eigenvalue weighted by atomic mass is 9.84. The van der Waals surface area contributed by atoms with Gasteiger partial charge in [-0.2, -0.15) is 0 Å². The van der Waals surface area contributed by atoms with Gasteiger partial charge in [-0.1, -0.05) is 70.6 Å². The summed E-state index contributed by atoms with van der Waals surface area (Å²) in [5.74, 6) is 0.514. The number of rotatable bonds is 3. The Labute approximate surface area is 132 Å². The molecule has 2 fully saturated rings. The molecule has 21 heavy (non-hydrogen) atoms. The van der Waals surface area contributed by atoms with Crippen LogP contribution in [-0.4, -0.2) is 23.8 Å². The van der Waals surface area contributed by atoms with Gasteiger partial charge >= 0.3 is 0 Å². The van der Waals surface area contributed by atoms with Gasteiger partial charge in [0.25, 0.3) is 0 Å². The fourth-order valence-electron chi connectivity index (χ4n) is 4.28. The molecule has 0 aromatic carbocycles. The second kappa shape index (κ2) is 10.6. The third kappa shape index (κ3) is 6.69. The zero-order chi connectivity index (χ0) is 14.8. The summed E-state index contributed by atoms with van der Waals surface area (Å²) in [6, 6.07) is 1.29. The third-order valence-corrected chi connectivity index (χ3v) is 5.70. The average Bonchev–Trinajstić information content (AvgIpc) is 2.50. The van der Waals surface area contributed by atoms with Crippen molar-refractivity contribution in [3.05, 3.63) is 0 Å². The van der Waals surface area contributed by atoms with Crippen LogP contribution in [0.3, 0.4) is 0 Å². The van der Waals surface area contributed by atoms with Crippen LogP contribution < -0.4 is 5.32 Å². The number of aliphatic hydroxyl groups is 1. The first-order valence-electron chi connectivity index (χ1n) is 9.77. The highest BCUT2D eigenvalue weighted by Crippen LogP contribution is 2.26. The van der Waals surface area contributed by atoms with Gasteiger partial charge in [-0.3, -0.25) is 0 Å². The maximum atomic E-state index is 9.60. The standard InChI is InChI=1S/C19H37NO/c21-16-17-12-10-11-15-19(17)20-18-13-8-6-4-2-1-3-5-7-9-14-18/h17-21H,1-16H2. The monoisotopic (exact) mass is 295 g/mol. The molecule has 124 valence electrons. The van der Waals surface area contributed by atoms with E-state index in [9.17, 15) is 5.11 Å². The Kier molecular flexibility index (Phi) is 8.73. The molecule has 2 rings (SSSR count). The molecule has 0 spiro atoms. The zero-order valence-electron chi connectivity index (χ0n) is 14.0. The third-order valence-electron chi connectivity index (χ3n) is 5.70. The summed E-state index contributed by atoms with van der Waals surface area (Å²) in [5, 5.41) is 13.6. The lowest BCUT2D eigenvalue weighted by Gasteiger charge is -2.34. The highest BCUT2D eigenvalue weighted by Gasteiger charge is 2.26. The van der Waals surface area contributed by atoms with Gasteiger partial charge in [0, 0.05) is 18.7 Å². The topological polar surface area (TPSA) is 32.3 Å². The summed E-state index contributed by atoms with van der Waals surface area (Å²) in [5.41, 5.74) is 0. The van der Waals surface area contributed by atoms with Crippen molar-refractivity contribution < 1.29 is 5.11 Å². The van der Waals surface area contributed by atoms with Crippen LogP contribution in [-0.2, 0) is 0 Å². The van der Waals surface area contributed by atoms with Crippen LogP contribution in [0.5, 0.6) is 0 Å². The highest BCUT2D eigenvalue weighted by atomic mass is 16.3. The molecular formula is C19H37NO. The van der Waals surface area contributed by atoms with Crippen molar-refractivity contribution in [2.45, 2.75) is 108 Å². The van der Waals surface area contributed by atoms with Gasteiger partial charge in [-0.25, -0.2) is 0 Å². The Balaban J connectivity index is 1.78. The largest absolute Gasteiger partial charge is 0.396 e. The van der Waals surface area contributed by atoms with E-state index in [1.165, 1.54) is 96.3 Å². The molecule has 2 aliphatic carbocycles. The van der Waals surface area contributed by atoms with Crippen LogP contribution in [0.15, 0.2) is 0 Å². The Morgan fingerprint density at radius 3 is 1.67 bits per heavy atom. The van der Waals surface area contributed by atoms with Gasteiger partial charge < -0.3 is 10.4 Å². The molecule has 2 N–H and O–H groups in total. The number of nitrogens with one attached hydrogen (secondary N) is 1. The molecule has 0 saturated heterocycles. The maximum absolute atomic E-state index is 9.60. The predicted octanol–water partition coefficient (Wildman–Crippen LogP) is 4.80. The molecule has 0 aromatic heterocycles. The van der Waals surface area contributed by atoms with E-state index >= 15 is 0 Å². The second-order valence-corrected chi connectivity index (χ2v) is 7.46. The van der Waals surface area contributed by atoms with Crippen LogP contribution in [0.4, 0.5) is 0 Å². The minimum Gasteiger partial charge on any atom is -0.396 e. The minimum absolute atomic E-state index is 0.379. The first-order valence-corrected chi connectivity index (χ1v) is 9.77. The minimum atomic E-state index is 0.379. The lowest BCUT2D eigenvalue weighted by Crippen LogP contribution is -2.45. The fraction of sp³-hybridized carbons (Fsp3) is 1.00. The van der Waals surface area contributed by atoms with E-state index in [0.717, 1.165) is 0 Å². The second-order valence-electron chi connectivity index (χ2n) is 7.46. The smallest absolute Gasteiger partial charge is 0.0474 e. The summed E-state index contributed by atoms with van der Waals surface area (Å²) >= 11 is 0. The normalized spacial score (nSPS) is 31.3. The Hall–Kier alpha value is -0.0800. The van der Waals surface area contributed by atoms with Crippen LogP contribution >= 0.6 is 0 Å². The summed E-state index contributed by atoms with van der Waals surface area (Å²) in [6.07, 6.45) is 20.8. The molecule has 2 unspecified atom stereocenters. The van der Waals surface area contributed by atoms with Crippen molar-refractivity contribution in [3.8, 4) is 0 Å². The summed E-state index contributed by atoms with van der Waals surface area (Å²) < 4.78 is 0. The molecular weight excluding hydrogens is 258 g/mol. The Morgan fingerprint density at radius 2 is 1.10 bits per heavy atom. The van der Waals surface area contributed by atoms with Gasteiger partial charge in [-0.05, 0) is 31.6 Å². The van der Waals surface area contributed by atoms with E-state index in [4.69, 9.17) is 0 Å². The van der Waals surface area contributed by atoms with Crippen LogP contribution in [0.25, 0.3) is 0 Å². The number of hydrogen-bond donors (Lipinski definition) is 2. The van der Waals surface area contributed by atoms with Gasteiger partial charge in [0.05, 0.1) is 0 Å². The Bertz CT molecular complexity index is 244. The van der Waals surface area contributed by atoms with E-state index in [1.54, 1.807) is 0 Å². The molecule has 2 aliphatic rings. The highest BCUT2D eigenvalue weighted by molar-refractivity contribution is 4.83. The predicted molar refractivity (Wildman–Crippen MR) is 90.5 cm³/mol. The van der Waals surface area contributed by atoms with E-state index in [0.29, 0.717) is 24.6 Å². The zero-order valence-corrected chi connectivity index (χ0v) is 14.0. The molecule has 2 heteroatoms. The fourth-order valence-corrected chi connectivity index (χ4v) is 4.28. The van der Waals surface area contributed by atoms with E-state index in [1.807, 2.05) is 0 Å². The quantitative estimate of drug-likeness (QED) is 0.784. The molecule has 2 saturated carbocycles. The van der Waals surface area contributed by atoms with Gasteiger partial charge in [-0.15, -0.1) is 0 Å². The number of hydrogen-bond acceptors (Lipinski definition) is 2. The Morgan fingerprint density at radius 1 is 0.619 bits per heavy atom. The SMILES string of the molecule is OCC1CCCCC1NC1CCCCCCCCCCC1. The van der Waals surface area contributed by atoms with Gasteiger partial charge in [0.1, 0.15) is 0 Å². The maximum Gasteiger partial charge on any atom is 0.0474 e. The van der Waals surface area contributed by atoms with Crippen molar-refractivity contribution in [1.82, 2.24) is 5.32 Å². The molecule has 2 nitrogen and oxygen atoms in total. The van der Waals surface area contributed by atoms with Crippen molar-refractivity contribution in [2.24, 2.45) is 5.92 Å². The van der Waals surface area contributed by atoms with Crippen LogP contribution in [0.1, 0.15) is 96.3 Å². The summed E-state index contributed by atoms with van der Waals surface area (Å²) in [4.78, 5) is 0. The molecule has 0 heterocycles. The van der Waals surface area contributed by atoms with Crippen LogP contribution in [0, 0.1) is 5.92 Å². The molecule has 0 aliphatic heterocycles. The van der Waals surface area contributed by atoms with Gasteiger partial charge in [0.2, 0.25) is 0 Å². The van der Waals surface area contributed by atoms with Crippen molar-refractivity contribution in [2.75, 3.05) is 6.61 Å². The summed E-state index contributed by atoms with van der Waals surface area (Å²) in [7, 11) is 0. The van der Waals surface area contributed by atoms with E-state index in [-0.39, 0.29) is 0 Å². The van der Waals surface area contributed by atoms with E-state index in [2.05, 4.69) is 5.32 Å². The molecule has 0 amide bonds. The van der Waals surface area contributed by atoms with Crippen molar-refractivity contribution in [1.29, 1.82) is 0 Å². The van der Waals surface area contributed by atoms with Crippen molar-refractivity contribution >= 4 is 0 Å². The molecule has 0 bridgehead atoms. The molecule has 2 atom stereocenters. The summed E-state index contributed by atoms with van der Waals surface area (Å²) in [6.45, 7) is 0.379. The molecule has 0 radical (unpaired) electrons. The van der Waals surface area contributed by atoms with Crippen molar-refractivity contribution in [3.63, 3.8) is 0 Å².